The Hall–Kier alpha value is -3.12. The van der Waals surface area contributed by atoms with Crippen LogP contribution in [0.1, 0.15) is 15.9 Å². The minimum absolute atomic E-state index is 0.113. The molecule has 26 heavy (non-hydrogen) atoms. The minimum atomic E-state index is -0.308. The lowest BCUT2D eigenvalue weighted by Crippen LogP contribution is -2.32. The summed E-state index contributed by atoms with van der Waals surface area (Å²) in [6.45, 7) is 0.573. The summed E-state index contributed by atoms with van der Waals surface area (Å²) >= 11 is 5.80. The van der Waals surface area contributed by atoms with Crippen LogP contribution in [-0.4, -0.2) is 27.9 Å². The maximum atomic E-state index is 12.2. The van der Waals surface area contributed by atoms with Crippen molar-refractivity contribution in [3.05, 3.63) is 83.4 Å². The first-order valence-corrected chi connectivity index (χ1v) is 8.36. The molecule has 3 rings (SSSR count). The van der Waals surface area contributed by atoms with E-state index in [-0.39, 0.29) is 18.4 Å². The van der Waals surface area contributed by atoms with Crippen LogP contribution in [0.3, 0.4) is 0 Å². The van der Waals surface area contributed by atoms with Gasteiger partial charge in [-0.05, 0) is 42.0 Å². The normalized spacial score (nSPS) is 10.3. The van der Waals surface area contributed by atoms with Gasteiger partial charge in [-0.1, -0.05) is 23.7 Å². The van der Waals surface area contributed by atoms with Gasteiger partial charge in [-0.2, -0.15) is 0 Å². The van der Waals surface area contributed by atoms with E-state index in [1.807, 2.05) is 22.9 Å². The standard InChI is InChI=1S/C19H17ClN4O2/c20-16-5-7-17(8-6-16)23-18(25)11-22-19(26)15-3-1-14(2-4-15)12-24-10-9-21-13-24/h1-10,13H,11-12H2,(H,22,26)(H,23,25). The second-order valence-corrected chi connectivity index (χ2v) is 6.11. The predicted octanol–water partition coefficient (Wildman–Crippen LogP) is 2.95. The van der Waals surface area contributed by atoms with Crippen LogP contribution in [0.15, 0.2) is 67.3 Å². The number of nitrogens with one attached hydrogen (secondary N) is 2. The molecule has 0 aliphatic rings. The van der Waals surface area contributed by atoms with Crippen LogP contribution in [0.4, 0.5) is 5.69 Å². The molecule has 3 aromatic rings. The zero-order valence-corrected chi connectivity index (χ0v) is 14.6. The fourth-order valence-electron chi connectivity index (χ4n) is 2.35. The third-order valence-corrected chi connectivity index (χ3v) is 3.93. The Kier molecular flexibility index (Phi) is 5.66. The third-order valence-electron chi connectivity index (χ3n) is 3.68. The zero-order valence-electron chi connectivity index (χ0n) is 13.9. The first kappa shape index (κ1) is 17.7. The van der Waals surface area contributed by atoms with Gasteiger partial charge in [-0.15, -0.1) is 0 Å². The highest BCUT2D eigenvalue weighted by atomic mass is 35.5. The Morgan fingerprint density at radius 2 is 1.77 bits per heavy atom. The maximum Gasteiger partial charge on any atom is 0.251 e. The van der Waals surface area contributed by atoms with Crippen molar-refractivity contribution < 1.29 is 9.59 Å². The second kappa shape index (κ2) is 8.31. The van der Waals surface area contributed by atoms with Crippen molar-refractivity contribution in [2.24, 2.45) is 0 Å². The van der Waals surface area contributed by atoms with Crippen LogP contribution in [0, 0.1) is 0 Å². The van der Waals surface area contributed by atoms with E-state index in [0.717, 1.165) is 5.56 Å². The van der Waals surface area contributed by atoms with Crippen molar-refractivity contribution in [1.29, 1.82) is 0 Å². The lowest BCUT2D eigenvalue weighted by atomic mass is 10.1. The summed E-state index contributed by atoms with van der Waals surface area (Å²) in [4.78, 5) is 28.0. The van der Waals surface area contributed by atoms with Crippen molar-refractivity contribution in [2.45, 2.75) is 6.54 Å². The molecular weight excluding hydrogens is 352 g/mol. The number of rotatable bonds is 6. The summed E-state index contributed by atoms with van der Waals surface area (Å²) in [7, 11) is 0. The molecule has 2 amide bonds. The molecule has 0 fully saturated rings. The summed E-state index contributed by atoms with van der Waals surface area (Å²) in [6.07, 6.45) is 5.33. The summed E-state index contributed by atoms with van der Waals surface area (Å²) in [5, 5.41) is 5.88. The number of benzene rings is 2. The number of nitrogens with zero attached hydrogens (tertiary/aromatic N) is 2. The fraction of sp³-hybridized carbons (Fsp3) is 0.105. The Balaban J connectivity index is 1.49. The number of amides is 2. The Morgan fingerprint density at radius 3 is 2.42 bits per heavy atom. The zero-order chi connectivity index (χ0) is 18.4. The number of hydrogen-bond donors (Lipinski definition) is 2. The Morgan fingerprint density at radius 1 is 1.04 bits per heavy atom. The van der Waals surface area contributed by atoms with E-state index in [1.165, 1.54) is 0 Å². The molecule has 0 bridgehead atoms. The van der Waals surface area contributed by atoms with Crippen LogP contribution in [0.25, 0.3) is 0 Å². The summed E-state index contributed by atoms with van der Waals surface area (Å²) in [5.41, 5.74) is 2.18. The molecular formula is C19H17ClN4O2. The van der Waals surface area contributed by atoms with Gasteiger partial charge in [0.25, 0.3) is 5.91 Å². The lowest BCUT2D eigenvalue weighted by molar-refractivity contribution is -0.115. The third kappa shape index (κ3) is 4.94. The number of anilines is 1. The van der Waals surface area contributed by atoms with Crippen LogP contribution < -0.4 is 10.6 Å². The summed E-state index contributed by atoms with van der Waals surface area (Å²) < 4.78 is 1.94. The van der Waals surface area contributed by atoms with Gasteiger partial charge in [0.2, 0.25) is 5.91 Å². The van der Waals surface area contributed by atoms with Crippen LogP contribution >= 0.6 is 11.6 Å². The number of carbonyl (C=O) groups excluding carboxylic acids is 2. The molecule has 0 saturated heterocycles. The molecule has 1 aromatic heterocycles. The molecule has 0 aliphatic carbocycles. The van der Waals surface area contributed by atoms with E-state index in [2.05, 4.69) is 15.6 Å². The minimum Gasteiger partial charge on any atom is -0.343 e. The first-order valence-electron chi connectivity index (χ1n) is 7.98. The molecule has 0 unspecified atom stereocenters. The molecule has 132 valence electrons. The second-order valence-electron chi connectivity index (χ2n) is 5.67. The van der Waals surface area contributed by atoms with Gasteiger partial charge in [0.1, 0.15) is 0 Å². The average molecular weight is 369 g/mol. The fourth-order valence-corrected chi connectivity index (χ4v) is 2.48. The Bertz CT molecular complexity index is 875. The Labute approximate surface area is 155 Å². The molecule has 7 heteroatoms. The van der Waals surface area contributed by atoms with Crippen molar-refractivity contribution >= 4 is 29.1 Å². The monoisotopic (exact) mass is 368 g/mol. The molecule has 6 nitrogen and oxygen atoms in total. The highest BCUT2D eigenvalue weighted by Crippen LogP contribution is 2.13. The van der Waals surface area contributed by atoms with Crippen molar-refractivity contribution in [3.8, 4) is 0 Å². The SMILES string of the molecule is O=C(CNC(=O)c1ccc(Cn2ccnc2)cc1)Nc1ccc(Cl)cc1. The highest BCUT2D eigenvalue weighted by Gasteiger charge is 2.08. The molecule has 0 saturated carbocycles. The van der Waals surface area contributed by atoms with E-state index < -0.39 is 0 Å². The van der Waals surface area contributed by atoms with E-state index in [1.54, 1.807) is 48.9 Å². The number of halogens is 1. The summed E-state index contributed by atoms with van der Waals surface area (Å²) in [5.74, 6) is -0.608. The molecule has 0 spiro atoms. The van der Waals surface area contributed by atoms with Gasteiger partial charge in [0, 0.05) is 35.2 Å². The lowest BCUT2D eigenvalue weighted by Gasteiger charge is -2.08. The van der Waals surface area contributed by atoms with Crippen molar-refractivity contribution in [3.63, 3.8) is 0 Å². The van der Waals surface area contributed by atoms with Crippen LogP contribution in [-0.2, 0) is 11.3 Å². The number of carbonyl (C=O) groups is 2. The highest BCUT2D eigenvalue weighted by molar-refractivity contribution is 6.30. The van der Waals surface area contributed by atoms with E-state index in [9.17, 15) is 9.59 Å². The van der Waals surface area contributed by atoms with E-state index in [0.29, 0.717) is 22.8 Å². The topological polar surface area (TPSA) is 76.0 Å². The molecule has 0 radical (unpaired) electrons. The van der Waals surface area contributed by atoms with E-state index >= 15 is 0 Å². The van der Waals surface area contributed by atoms with Crippen molar-refractivity contribution in [2.75, 3.05) is 11.9 Å². The number of aromatic nitrogens is 2. The molecule has 0 atom stereocenters. The first-order chi connectivity index (χ1) is 12.6. The van der Waals surface area contributed by atoms with Gasteiger partial charge >= 0.3 is 0 Å². The predicted molar refractivity (Wildman–Crippen MR) is 100 cm³/mol. The maximum absolute atomic E-state index is 12.2. The number of imidazole rings is 1. The van der Waals surface area contributed by atoms with E-state index in [4.69, 9.17) is 11.6 Å². The van der Waals surface area contributed by atoms with Crippen LogP contribution in [0.2, 0.25) is 5.02 Å². The molecule has 0 aliphatic heterocycles. The van der Waals surface area contributed by atoms with Gasteiger partial charge in [0.15, 0.2) is 0 Å². The van der Waals surface area contributed by atoms with Gasteiger partial charge in [0.05, 0.1) is 12.9 Å². The van der Waals surface area contributed by atoms with Crippen LogP contribution in [0.5, 0.6) is 0 Å². The van der Waals surface area contributed by atoms with Crippen molar-refractivity contribution in [1.82, 2.24) is 14.9 Å². The molecule has 2 aromatic carbocycles. The number of hydrogen-bond acceptors (Lipinski definition) is 3. The quantitative estimate of drug-likeness (QED) is 0.702. The van der Waals surface area contributed by atoms with Gasteiger partial charge in [-0.25, -0.2) is 4.98 Å². The molecule has 2 N–H and O–H groups in total. The molecule has 1 heterocycles. The largest absolute Gasteiger partial charge is 0.343 e. The van der Waals surface area contributed by atoms with Gasteiger partial charge in [-0.3, -0.25) is 9.59 Å². The smallest absolute Gasteiger partial charge is 0.251 e. The summed E-state index contributed by atoms with van der Waals surface area (Å²) in [6, 6.07) is 14.0. The average Bonchev–Trinajstić information content (AvgIpc) is 3.15. The van der Waals surface area contributed by atoms with Gasteiger partial charge < -0.3 is 15.2 Å².